The Hall–Kier alpha value is -1.36. The van der Waals surface area contributed by atoms with Gasteiger partial charge in [-0.3, -0.25) is 0 Å². The van der Waals surface area contributed by atoms with Gasteiger partial charge in [-0.1, -0.05) is 19.4 Å². The van der Waals surface area contributed by atoms with Gasteiger partial charge in [0.1, 0.15) is 11.3 Å². The number of H-pyrrole nitrogens is 1. The Balaban J connectivity index is 2.53. The molecule has 1 aromatic heterocycles. The van der Waals surface area contributed by atoms with Gasteiger partial charge in [0.25, 0.3) is 0 Å². The maximum Gasteiger partial charge on any atom is 0.177 e. The molecule has 92 valence electrons. The molecule has 2 aromatic rings. The van der Waals surface area contributed by atoms with Crippen molar-refractivity contribution in [3.63, 3.8) is 0 Å². The summed E-state index contributed by atoms with van der Waals surface area (Å²) in [6.07, 6.45) is 4.21. The number of sulfone groups is 1. The Morgan fingerprint density at radius 3 is 2.76 bits per heavy atom. The van der Waals surface area contributed by atoms with Gasteiger partial charge < -0.3 is 4.98 Å². The number of nitrogens with zero attached hydrogens (tertiary/aromatic N) is 1. The molecule has 0 aliphatic carbocycles. The summed E-state index contributed by atoms with van der Waals surface area (Å²) in [5.74, 6) is 0.859. The lowest BCUT2D eigenvalue weighted by Gasteiger charge is -1.97. The smallest absolute Gasteiger partial charge is 0.177 e. The number of aromatic amines is 1. The highest BCUT2D eigenvalue weighted by Gasteiger charge is 2.14. The highest BCUT2D eigenvalue weighted by Crippen LogP contribution is 2.21. The Kier molecular flexibility index (Phi) is 3.19. The number of imidazole rings is 1. The number of rotatable bonds is 4. The van der Waals surface area contributed by atoms with Crippen molar-refractivity contribution in [3.8, 4) is 0 Å². The Morgan fingerprint density at radius 2 is 2.12 bits per heavy atom. The monoisotopic (exact) mass is 252 g/mol. The van der Waals surface area contributed by atoms with E-state index >= 15 is 0 Å². The van der Waals surface area contributed by atoms with Crippen LogP contribution in [0.3, 0.4) is 0 Å². The van der Waals surface area contributed by atoms with Crippen LogP contribution in [0.25, 0.3) is 11.0 Å². The normalized spacial score (nSPS) is 12.1. The number of unbranched alkanes of at least 4 members (excludes halogenated alkanes) is 1. The lowest BCUT2D eigenvalue weighted by molar-refractivity contribution is 0.602. The summed E-state index contributed by atoms with van der Waals surface area (Å²) >= 11 is 0. The topological polar surface area (TPSA) is 62.8 Å². The SMILES string of the molecule is CCCCc1nc2c(S(C)(=O)=O)cccc2[nH]1. The Bertz CT molecular complexity index is 629. The lowest BCUT2D eigenvalue weighted by atomic mass is 10.2. The first-order valence-corrected chi connectivity index (χ1v) is 7.59. The third-order valence-electron chi connectivity index (χ3n) is 2.69. The van der Waals surface area contributed by atoms with Gasteiger partial charge in [0.2, 0.25) is 0 Å². The van der Waals surface area contributed by atoms with E-state index in [1.807, 2.05) is 6.07 Å². The molecule has 0 aliphatic heterocycles. The van der Waals surface area contributed by atoms with Crippen LogP contribution in [0.2, 0.25) is 0 Å². The average molecular weight is 252 g/mol. The molecule has 5 heteroatoms. The molecule has 0 spiro atoms. The van der Waals surface area contributed by atoms with E-state index in [9.17, 15) is 8.42 Å². The van der Waals surface area contributed by atoms with Gasteiger partial charge in [-0.2, -0.15) is 0 Å². The van der Waals surface area contributed by atoms with E-state index in [4.69, 9.17) is 0 Å². The van der Waals surface area contributed by atoms with E-state index in [0.29, 0.717) is 10.4 Å². The van der Waals surface area contributed by atoms with E-state index in [2.05, 4.69) is 16.9 Å². The fourth-order valence-corrected chi connectivity index (χ4v) is 2.65. The highest BCUT2D eigenvalue weighted by atomic mass is 32.2. The molecule has 1 aromatic carbocycles. The van der Waals surface area contributed by atoms with Crippen molar-refractivity contribution in [2.24, 2.45) is 0 Å². The molecule has 4 nitrogen and oxygen atoms in total. The van der Waals surface area contributed by atoms with E-state index in [-0.39, 0.29) is 0 Å². The first-order valence-electron chi connectivity index (χ1n) is 5.70. The standard InChI is InChI=1S/C12H16N2O2S/c1-3-4-8-11-13-9-6-5-7-10(12(9)14-11)17(2,15)16/h5-7H,3-4,8H2,1-2H3,(H,13,14). The van der Waals surface area contributed by atoms with Gasteiger partial charge in [-0.25, -0.2) is 13.4 Å². The van der Waals surface area contributed by atoms with E-state index < -0.39 is 9.84 Å². The van der Waals surface area contributed by atoms with Gasteiger partial charge in [-0.15, -0.1) is 0 Å². The second-order valence-corrected chi connectivity index (χ2v) is 6.20. The average Bonchev–Trinajstić information content (AvgIpc) is 2.66. The molecule has 0 aliphatic rings. The molecular formula is C12H16N2O2S. The van der Waals surface area contributed by atoms with Crippen LogP contribution in [0, 0.1) is 0 Å². The van der Waals surface area contributed by atoms with Crippen molar-refractivity contribution >= 4 is 20.9 Å². The molecule has 1 heterocycles. The predicted molar refractivity (Wildman–Crippen MR) is 67.8 cm³/mol. The Morgan fingerprint density at radius 1 is 1.35 bits per heavy atom. The second kappa shape index (κ2) is 4.49. The third-order valence-corrected chi connectivity index (χ3v) is 3.82. The summed E-state index contributed by atoms with van der Waals surface area (Å²) in [6, 6.07) is 5.19. The van der Waals surface area contributed by atoms with Crippen LogP contribution < -0.4 is 0 Å². The van der Waals surface area contributed by atoms with Crippen LogP contribution >= 0.6 is 0 Å². The van der Waals surface area contributed by atoms with Gasteiger partial charge in [0.05, 0.1) is 10.4 Å². The number of aryl methyl sites for hydroxylation is 1. The molecule has 0 atom stereocenters. The zero-order chi connectivity index (χ0) is 12.5. The summed E-state index contributed by atoms with van der Waals surface area (Å²) in [4.78, 5) is 7.85. The van der Waals surface area contributed by atoms with Crippen LogP contribution in [-0.2, 0) is 16.3 Å². The van der Waals surface area contributed by atoms with E-state index in [0.717, 1.165) is 30.6 Å². The molecule has 2 rings (SSSR count). The molecule has 17 heavy (non-hydrogen) atoms. The van der Waals surface area contributed by atoms with Crippen molar-refractivity contribution in [2.45, 2.75) is 31.1 Å². The van der Waals surface area contributed by atoms with Gasteiger partial charge in [-0.05, 0) is 18.6 Å². The predicted octanol–water partition coefficient (Wildman–Crippen LogP) is 2.31. The fraction of sp³-hybridized carbons (Fsp3) is 0.417. The second-order valence-electron chi connectivity index (χ2n) is 4.21. The first-order chi connectivity index (χ1) is 8.02. The molecular weight excluding hydrogens is 236 g/mol. The summed E-state index contributed by atoms with van der Waals surface area (Å²) < 4.78 is 23.2. The quantitative estimate of drug-likeness (QED) is 0.908. The molecule has 0 amide bonds. The first kappa shape index (κ1) is 12.1. The number of hydrogen-bond donors (Lipinski definition) is 1. The number of para-hydroxylation sites is 1. The van der Waals surface area contributed by atoms with Crippen LogP contribution in [-0.4, -0.2) is 24.6 Å². The zero-order valence-corrected chi connectivity index (χ0v) is 10.8. The third kappa shape index (κ3) is 2.49. The molecule has 0 unspecified atom stereocenters. The van der Waals surface area contributed by atoms with E-state index in [1.165, 1.54) is 6.26 Å². The van der Waals surface area contributed by atoms with Crippen molar-refractivity contribution < 1.29 is 8.42 Å². The summed E-state index contributed by atoms with van der Waals surface area (Å²) in [5.41, 5.74) is 1.35. The molecule has 0 radical (unpaired) electrons. The van der Waals surface area contributed by atoms with Crippen LogP contribution in [0.4, 0.5) is 0 Å². The number of fused-ring (bicyclic) bond motifs is 1. The lowest BCUT2D eigenvalue weighted by Crippen LogP contribution is -1.97. The molecule has 0 fully saturated rings. The summed E-state index contributed by atoms with van der Waals surface area (Å²) in [6.45, 7) is 2.12. The van der Waals surface area contributed by atoms with Crippen molar-refractivity contribution in [1.82, 2.24) is 9.97 Å². The maximum atomic E-state index is 11.6. The molecule has 0 saturated heterocycles. The number of aromatic nitrogens is 2. The largest absolute Gasteiger partial charge is 0.342 e. The minimum atomic E-state index is -3.22. The number of benzene rings is 1. The van der Waals surface area contributed by atoms with E-state index in [1.54, 1.807) is 12.1 Å². The van der Waals surface area contributed by atoms with Gasteiger partial charge in [0, 0.05) is 12.7 Å². The van der Waals surface area contributed by atoms with Crippen molar-refractivity contribution in [2.75, 3.05) is 6.26 Å². The minimum Gasteiger partial charge on any atom is -0.342 e. The van der Waals surface area contributed by atoms with Crippen molar-refractivity contribution in [3.05, 3.63) is 24.0 Å². The Labute approximate surface area is 101 Å². The summed E-state index contributed by atoms with van der Waals surface area (Å²) in [5, 5.41) is 0. The van der Waals surface area contributed by atoms with Crippen LogP contribution in [0.15, 0.2) is 23.1 Å². The summed E-state index contributed by atoms with van der Waals surface area (Å²) in [7, 11) is -3.22. The molecule has 1 N–H and O–H groups in total. The number of hydrogen-bond acceptors (Lipinski definition) is 3. The molecule has 0 bridgehead atoms. The van der Waals surface area contributed by atoms with Gasteiger partial charge in [0.15, 0.2) is 9.84 Å². The molecule has 0 saturated carbocycles. The van der Waals surface area contributed by atoms with Crippen LogP contribution in [0.1, 0.15) is 25.6 Å². The zero-order valence-electron chi connectivity index (χ0n) is 10.0. The maximum absolute atomic E-state index is 11.6. The highest BCUT2D eigenvalue weighted by molar-refractivity contribution is 7.91. The van der Waals surface area contributed by atoms with Crippen molar-refractivity contribution in [1.29, 1.82) is 0 Å². The minimum absolute atomic E-state index is 0.300. The fourth-order valence-electron chi connectivity index (χ4n) is 1.82. The van der Waals surface area contributed by atoms with Gasteiger partial charge >= 0.3 is 0 Å². The number of nitrogens with one attached hydrogen (secondary N) is 1. The van der Waals surface area contributed by atoms with Crippen LogP contribution in [0.5, 0.6) is 0 Å².